The summed E-state index contributed by atoms with van der Waals surface area (Å²) in [5.41, 5.74) is -0.461. The van der Waals surface area contributed by atoms with E-state index in [1.54, 1.807) is 14.0 Å². The number of amides is 2. The second-order valence-electron chi connectivity index (χ2n) is 4.67. The van der Waals surface area contributed by atoms with Crippen molar-refractivity contribution in [3.63, 3.8) is 0 Å². The molecule has 0 aromatic heterocycles. The van der Waals surface area contributed by atoms with E-state index in [0.717, 1.165) is 32.2 Å². The number of nitrogens with one attached hydrogen (secondary N) is 3. The summed E-state index contributed by atoms with van der Waals surface area (Å²) in [5, 5.41) is 8.61. The van der Waals surface area contributed by atoms with Gasteiger partial charge in [-0.1, -0.05) is 13.3 Å². The molecular weight excluding hydrogens is 218 g/mol. The molecule has 0 aromatic rings. The number of hydrogen-bond acceptors (Lipinski definition) is 3. The van der Waals surface area contributed by atoms with Gasteiger partial charge in [-0.3, -0.25) is 9.59 Å². The van der Waals surface area contributed by atoms with Crippen LogP contribution in [0, 0.1) is 0 Å². The third-order valence-corrected chi connectivity index (χ3v) is 3.34. The summed E-state index contributed by atoms with van der Waals surface area (Å²) in [6, 6.07) is -0.483. The zero-order valence-electron chi connectivity index (χ0n) is 10.9. The van der Waals surface area contributed by atoms with Crippen molar-refractivity contribution in [2.45, 2.75) is 51.1 Å². The van der Waals surface area contributed by atoms with E-state index in [4.69, 9.17) is 0 Å². The zero-order chi connectivity index (χ0) is 12.9. The molecule has 0 aliphatic carbocycles. The first-order valence-corrected chi connectivity index (χ1v) is 6.33. The molecule has 1 aliphatic rings. The van der Waals surface area contributed by atoms with E-state index in [2.05, 4.69) is 22.9 Å². The Kier molecular flexibility index (Phi) is 4.93. The van der Waals surface area contributed by atoms with E-state index in [1.807, 2.05) is 0 Å². The number of hydrogen-bond donors (Lipinski definition) is 3. The summed E-state index contributed by atoms with van der Waals surface area (Å²) in [6.07, 6.45) is 3.64. The lowest BCUT2D eigenvalue weighted by atomic mass is 9.90. The van der Waals surface area contributed by atoms with Crippen LogP contribution in [0.3, 0.4) is 0 Å². The summed E-state index contributed by atoms with van der Waals surface area (Å²) in [6.45, 7) is 4.64. The summed E-state index contributed by atoms with van der Waals surface area (Å²) in [7, 11) is 1.57. The van der Waals surface area contributed by atoms with Gasteiger partial charge in [0.25, 0.3) is 0 Å². The number of rotatable bonds is 5. The maximum Gasteiger partial charge on any atom is 0.242 e. The molecule has 3 N–H and O–H groups in total. The van der Waals surface area contributed by atoms with Gasteiger partial charge >= 0.3 is 0 Å². The minimum absolute atomic E-state index is 0.0482. The molecular formula is C12H23N3O2. The molecule has 0 saturated carbocycles. The van der Waals surface area contributed by atoms with Gasteiger partial charge in [-0.25, -0.2) is 0 Å². The Morgan fingerprint density at radius 1 is 1.47 bits per heavy atom. The fourth-order valence-corrected chi connectivity index (χ4v) is 2.37. The predicted molar refractivity (Wildman–Crippen MR) is 66.5 cm³/mol. The van der Waals surface area contributed by atoms with Crippen LogP contribution in [0.4, 0.5) is 0 Å². The average Bonchev–Trinajstić information content (AvgIpc) is 2.78. The molecule has 1 rings (SSSR count). The Labute approximate surface area is 103 Å². The van der Waals surface area contributed by atoms with Crippen LogP contribution in [-0.4, -0.2) is 37.0 Å². The average molecular weight is 241 g/mol. The largest absolute Gasteiger partial charge is 0.357 e. The standard InChI is InChI=1S/C12H23N3O2/c1-4-6-12(7-5-8-14-12)11(17)15-9(2)10(16)13-3/h9,14H,4-8H2,1-3H3,(H,13,16)(H,15,17). The molecule has 0 radical (unpaired) electrons. The summed E-state index contributed by atoms with van der Waals surface area (Å²) in [4.78, 5) is 23.6. The first-order valence-electron chi connectivity index (χ1n) is 6.33. The van der Waals surface area contributed by atoms with Crippen molar-refractivity contribution in [1.82, 2.24) is 16.0 Å². The highest BCUT2D eigenvalue weighted by Gasteiger charge is 2.40. The van der Waals surface area contributed by atoms with Gasteiger partial charge in [0.1, 0.15) is 6.04 Å². The minimum Gasteiger partial charge on any atom is -0.357 e. The van der Waals surface area contributed by atoms with Crippen molar-refractivity contribution in [3.05, 3.63) is 0 Å². The molecule has 2 unspecified atom stereocenters. The van der Waals surface area contributed by atoms with Crippen molar-refractivity contribution in [3.8, 4) is 0 Å². The molecule has 2 amide bonds. The third kappa shape index (κ3) is 3.19. The molecule has 0 bridgehead atoms. The molecule has 17 heavy (non-hydrogen) atoms. The Hall–Kier alpha value is -1.10. The molecule has 2 atom stereocenters. The molecule has 0 spiro atoms. The Bertz CT molecular complexity index is 285. The highest BCUT2D eigenvalue weighted by molar-refractivity contribution is 5.92. The summed E-state index contributed by atoms with van der Waals surface area (Å²) in [5.74, 6) is -0.212. The van der Waals surface area contributed by atoms with E-state index in [9.17, 15) is 9.59 Å². The second-order valence-corrected chi connectivity index (χ2v) is 4.67. The van der Waals surface area contributed by atoms with Crippen molar-refractivity contribution >= 4 is 11.8 Å². The quantitative estimate of drug-likeness (QED) is 0.642. The Balaban J connectivity index is 2.63. The molecule has 98 valence electrons. The van der Waals surface area contributed by atoms with Crippen LogP contribution in [0.5, 0.6) is 0 Å². The van der Waals surface area contributed by atoms with Gasteiger partial charge in [0.2, 0.25) is 11.8 Å². The maximum absolute atomic E-state index is 12.2. The van der Waals surface area contributed by atoms with Crippen molar-refractivity contribution in [2.24, 2.45) is 0 Å². The predicted octanol–water partition coefficient (Wildman–Crippen LogP) is 0.159. The van der Waals surface area contributed by atoms with E-state index >= 15 is 0 Å². The van der Waals surface area contributed by atoms with Crippen molar-refractivity contribution in [1.29, 1.82) is 0 Å². The van der Waals surface area contributed by atoms with Gasteiger partial charge in [0.05, 0.1) is 5.54 Å². The first kappa shape index (κ1) is 14.0. The summed E-state index contributed by atoms with van der Waals surface area (Å²) < 4.78 is 0. The van der Waals surface area contributed by atoms with Crippen molar-refractivity contribution in [2.75, 3.05) is 13.6 Å². The van der Waals surface area contributed by atoms with Gasteiger partial charge in [-0.15, -0.1) is 0 Å². The third-order valence-electron chi connectivity index (χ3n) is 3.34. The lowest BCUT2D eigenvalue weighted by molar-refractivity contribution is -0.132. The molecule has 1 saturated heterocycles. The van der Waals surface area contributed by atoms with Crippen LogP contribution in [0.25, 0.3) is 0 Å². The topological polar surface area (TPSA) is 70.2 Å². The van der Waals surface area contributed by atoms with Crippen LogP contribution < -0.4 is 16.0 Å². The fraction of sp³-hybridized carbons (Fsp3) is 0.833. The lowest BCUT2D eigenvalue weighted by Crippen LogP contribution is -2.57. The Morgan fingerprint density at radius 2 is 2.18 bits per heavy atom. The highest BCUT2D eigenvalue weighted by Crippen LogP contribution is 2.25. The molecule has 0 aromatic carbocycles. The van der Waals surface area contributed by atoms with Crippen LogP contribution in [0.15, 0.2) is 0 Å². The number of carbonyl (C=O) groups excluding carboxylic acids is 2. The number of carbonyl (C=O) groups is 2. The van der Waals surface area contributed by atoms with Crippen LogP contribution in [0.2, 0.25) is 0 Å². The minimum atomic E-state index is -0.483. The molecule has 1 fully saturated rings. The monoisotopic (exact) mass is 241 g/mol. The smallest absolute Gasteiger partial charge is 0.242 e. The van der Waals surface area contributed by atoms with Crippen molar-refractivity contribution < 1.29 is 9.59 Å². The second kappa shape index (κ2) is 6.00. The van der Waals surface area contributed by atoms with Crippen LogP contribution in [-0.2, 0) is 9.59 Å². The van der Waals surface area contributed by atoms with Crippen LogP contribution >= 0.6 is 0 Å². The van der Waals surface area contributed by atoms with Gasteiger partial charge in [-0.2, -0.15) is 0 Å². The van der Waals surface area contributed by atoms with Gasteiger partial charge < -0.3 is 16.0 Å². The van der Waals surface area contributed by atoms with Gasteiger partial charge in [-0.05, 0) is 32.7 Å². The number of likely N-dealkylation sites (N-methyl/N-ethyl adjacent to an activating group) is 1. The van der Waals surface area contributed by atoms with Crippen LogP contribution in [0.1, 0.15) is 39.5 Å². The fourth-order valence-electron chi connectivity index (χ4n) is 2.37. The van der Waals surface area contributed by atoms with Gasteiger partial charge in [0.15, 0.2) is 0 Å². The first-order chi connectivity index (χ1) is 8.05. The molecule has 1 aliphatic heterocycles. The van der Waals surface area contributed by atoms with Gasteiger partial charge in [0, 0.05) is 7.05 Å². The highest BCUT2D eigenvalue weighted by atomic mass is 16.2. The Morgan fingerprint density at radius 3 is 2.65 bits per heavy atom. The normalized spacial score (nSPS) is 25.4. The molecule has 1 heterocycles. The van der Waals surface area contributed by atoms with E-state index in [1.165, 1.54) is 0 Å². The summed E-state index contributed by atoms with van der Waals surface area (Å²) >= 11 is 0. The van der Waals surface area contributed by atoms with E-state index in [0.29, 0.717) is 0 Å². The zero-order valence-corrected chi connectivity index (χ0v) is 10.9. The lowest BCUT2D eigenvalue weighted by Gasteiger charge is -2.29. The molecule has 5 nitrogen and oxygen atoms in total. The molecule has 5 heteroatoms. The van der Waals surface area contributed by atoms with E-state index < -0.39 is 11.6 Å². The SMILES string of the molecule is CCCC1(C(=O)NC(C)C(=O)NC)CCCN1. The van der Waals surface area contributed by atoms with E-state index in [-0.39, 0.29) is 11.8 Å². The maximum atomic E-state index is 12.2.